The fourth-order valence-electron chi connectivity index (χ4n) is 6.81. The van der Waals surface area contributed by atoms with Gasteiger partial charge >= 0.3 is 0 Å². The molecule has 1 aromatic heterocycles. The number of rotatable bonds is 11. The average molecular weight is 562 g/mol. The molecular formula is C37H59N3O. The number of hydrogen-bond donors (Lipinski definition) is 1. The summed E-state index contributed by atoms with van der Waals surface area (Å²) in [6.07, 6.45) is 10.4. The van der Waals surface area contributed by atoms with Gasteiger partial charge in [0.05, 0.1) is 0 Å². The minimum absolute atomic E-state index is 0.0881. The number of nitrogens with one attached hydrogen (secondary N) is 1. The lowest BCUT2D eigenvalue weighted by Crippen LogP contribution is -2.53. The Morgan fingerprint density at radius 2 is 1.59 bits per heavy atom. The molecule has 2 fully saturated rings. The van der Waals surface area contributed by atoms with E-state index in [-0.39, 0.29) is 17.1 Å². The summed E-state index contributed by atoms with van der Waals surface area (Å²) in [6, 6.07) is 14.3. The minimum Gasteiger partial charge on any atom is -0.474 e. The number of aromatic nitrogens is 1. The molecule has 228 valence electrons. The van der Waals surface area contributed by atoms with Gasteiger partial charge < -0.3 is 15.0 Å². The fraction of sp³-hybridized carbons (Fsp3) is 0.703. The van der Waals surface area contributed by atoms with Crippen molar-refractivity contribution in [1.82, 2.24) is 10.3 Å². The summed E-state index contributed by atoms with van der Waals surface area (Å²) in [6.45, 7) is 25.7. The standard InChI is InChI=1S/C37H59N3O/c1-34(2,3)24-27-11-13-31(14-12-27)40-20-16-28(26-40)25-36(7,8)17-18-37(9,10)29-15-19-38-33(21-29)41-32-22-30(23-32)39-35(4,5)6/h11-15,19,21,28,30,32,39H,16-18,20,22-26H2,1-10H3/t28-,30?,32?/m1/s1. The highest BCUT2D eigenvalue weighted by Crippen LogP contribution is 2.40. The molecule has 0 radical (unpaired) electrons. The highest BCUT2D eigenvalue weighted by molar-refractivity contribution is 5.48. The first-order valence-corrected chi connectivity index (χ1v) is 16.2. The van der Waals surface area contributed by atoms with Crippen LogP contribution in [-0.4, -0.2) is 35.8 Å². The molecule has 0 unspecified atom stereocenters. The van der Waals surface area contributed by atoms with Crippen LogP contribution in [0.4, 0.5) is 5.69 Å². The first-order chi connectivity index (χ1) is 19.0. The van der Waals surface area contributed by atoms with Crippen LogP contribution in [0.3, 0.4) is 0 Å². The Kier molecular flexibility index (Phi) is 9.53. The number of anilines is 1. The molecule has 1 atom stereocenters. The molecule has 2 heterocycles. The van der Waals surface area contributed by atoms with E-state index in [1.807, 2.05) is 6.20 Å². The minimum atomic E-state index is 0.0881. The zero-order chi connectivity index (χ0) is 30.1. The molecule has 1 aliphatic heterocycles. The van der Waals surface area contributed by atoms with Crippen molar-refractivity contribution in [3.05, 3.63) is 53.7 Å². The van der Waals surface area contributed by atoms with Gasteiger partial charge in [0.15, 0.2) is 0 Å². The Balaban J connectivity index is 1.25. The Morgan fingerprint density at radius 3 is 2.22 bits per heavy atom. The van der Waals surface area contributed by atoms with Crippen molar-refractivity contribution in [2.75, 3.05) is 18.0 Å². The third kappa shape index (κ3) is 9.73. The molecule has 1 aliphatic carbocycles. The van der Waals surface area contributed by atoms with Gasteiger partial charge in [0.25, 0.3) is 0 Å². The van der Waals surface area contributed by atoms with Crippen LogP contribution >= 0.6 is 0 Å². The number of ether oxygens (including phenoxy) is 1. The van der Waals surface area contributed by atoms with Gasteiger partial charge in [-0.1, -0.05) is 60.6 Å². The van der Waals surface area contributed by atoms with Crippen molar-refractivity contribution < 1.29 is 4.74 Å². The van der Waals surface area contributed by atoms with E-state index in [4.69, 9.17) is 4.74 Å². The molecule has 4 heteroatoms. The summed E-state index contributed by atoms with van der Waals surface area (Å²) < 4.78 is 6.28. The molecule has 1 saturated heterocycles. The third-order valence-corrected chi connectivity index (χ3v) is 9.13. The maximum atomic E-state index is 6.28. The van der Waals surface area contributed by atoms with Gasteiger partial charge in [-0.3, -0.25) is 0 Å². The van der Waals surface area contributed by atoms with E-state index in [1.165, 1.54) is 49.2 Å². The van der Waals surface area contributed by atoms with Gasteiger partial charge in [0.2, 0.25) is 5.88 Å². The third-order valence-electron chi connectivity index (χ3n) is 9.13. The monoisotopic (exact) mass is 561 g/mol. The lowest BCUT2D eigenvalue weighted by atomic mass is 9.72. The van der Waals surface area contributed by atoms with Crippen LogP contribution in [0.25, 0.3) is 0 Å². The SMILES string of the molecule is CC(C)(C)Cc1ccc(N2CC[C@H](CC(C)(C)CCC(C)(C)c3ccnc(OC4CC(NC(C)(C)C)C4)c3)C2)cc1. The van der Waals surface area contributed by atoms with Crippen LogP contribution in [0.5, 0.6) is 5.88 Å². The molecule has 1 aromatic carbocycles. The molecule has 4 nitrogen and oxygen atoms in total. The van der Waals surface area contributed by atoms with E-state index in [9.17, 15) is 0 Å². The molecule has 0 bridgehead atoms. The van der Waals surface area contributed by atoms with E-state index in [0.29, 0.717) is 16.9 Å². The first-order valence-electron chi connectivity index (χ1n) is 16.2. The van der Waals surface area contributed by atoms with Crippen molar-refractivity contribution in [1.29, 1.82) is 0 Å². The number of pyridine rings is 1. The number of benzene rings is 1. The van der Waals surface area contributed by atoms with Gasteiger partial charge in [-0.05, 0) is 117 Å². The zero-order valence-corrected chi connectivity index (χ0v) is 27.9. The van der Waals surface area contributed by atoms with Crippen molar-refractivity contribution in [3.8, 4) is 5.88 Å². The second kappa shape index (κ2) is 12.3. The van der Waals surface area contributed by atoms with Gasteiger partial charge in [-0.25, -0.2) is 4.98 Å². The predicted molar refractivity (Wildman–Crippen MR) is 175 cm³/mol. The van der Waals surface area contributed by atoms with E-state index < -0.39 is 0 Å². The van der Waals surface area contributed by atoms with Crippen LogP contribution in [-0.2, 0) is 11.8 Å². The molecule has 41 heavy (non-hydrogen) atoms. The van der Waals surface area contributed by atoms with Crippen LogP contribution < -0.4 is 15.0 Å². The number of hydrogen-bond acceptors (Lipinski definition) is 4. The summed E-state index contributed by atoms with van der Waals surface area (Å²) in [5.41, 5.74) is 5.07. The van der Waals surface area contributed by atoms with Crippen molar-refractivity contribution in [3.63, 3.8) is 0 Å². The Bertz CT molecular complexity index is 1120. The van der Waals surface area contributed by atoms with Gasteiger partial charge in [0.1, 0.15) is 6.10 Å². The molecule has 2 aliphatic rings. The van der Waals surface area contributed by atoms with Crippen LogP contribution in [0.15, 0.2) is 42.6 Å². The molecular weight excluding hydrogens is 502 g/mol. The summed E-state index contributed by atoms with van der Waals surface area (Å²) in [7, 11) is 0. The first kappa shape index (κ1) is 31.9. The molecule has 1 N–H and O–H groups in total. The summed E-state index contributed by atoms with van der Waals surface area (Å²) in [5.74, 6) is 1.55. The summed E-state index contributed by atoms with van der Waals surface area (Å²) >= 11 is 0. The van der Waals surface area contributed by atoms with Crippen molar-refractivity contribution >= 4 is 5.69 Å². The lowest BCUT2D eigenvalue weighted by molar-refractivity contribution is 0.0692. The summed E-state index contributed by atoms with van der Waals surface area (Å²) in [5, 5.41) is 3.68. The predicted octanol–water partition coefficient (Wildman–Crippen LogP) is 8.97. The van der Waals surface area contributed by atoms with Crippen LogP contribution in [0, 0.1) is 16.7 Å². The quantitative estimate of drug-likeness (QED) is 0.297. The van der Waals surface area contributed by atoms with Crippen molar-refractivity contribution in [2.45, 2.75) is 137 Å². The highest BCUT2D eigenvalue weighted by atomic mass is 16.5. The van der Waals surface area contributed by atoms with Gasteiger partial charge in [0, 0.05) is 42.6 Å². The lowest BCUT2D eigenvalue weighted by Gasteiger charge is -2.40. The van der Waals surface area contributed by atoms with Crippen molar-refractivity contribution in [2.24, 2.45) is 16.7 Å². The van der Waals surface area contributed by atoms with E-state index in [0.717, 1.165) is 37.5 Å². The maximum absolute atomic E-state index is 6.28. The smallest absolute Gasteiger partial charge is 0.213 e. The number of nitrogens with zero attached hydrogens (tertiary/aromatic N) is 2. The maximum Gasteiger partial charge on any atom is 0.213 e. The second-order valence-electron chi connectivity index (χ2n) is 16.9. The highest BCUT2D eigenvalue weighted by Gasteiger charge is 2.34. The Hall–Kier alpha value is -2.07. The molecule has 1 saturated carbocycles. The second-order valence-corrected chi connectivity index (χ2v) is 16.9. The van der Waals surface area contributed by atoms with E-state index >= 15 is 0 Å². The Morgan fingerprint density at radius 1 is 0.902 bits per heavy atom. The van der Waals surface area contributed by atoms with Gasteiger partial charge in [-0.2, -0.15) is 0 Å². The largest absolute Gasteiger partial charge is 0.474 e. The van der Waals surface area contributed by atoms with Crippen LogP contribution in [0.2, 0.25) is 0 Å². The fourth-order valence-corrected chi connectivity index (χ4v) is 6.81. The molecule has 2 aromatic rings. The van der Waals surface area contributed by atoms with Crippen LogP contribution in [0.1, 0.15) is 119 Å². The average Bonchev–Trinajstić information content (AvgIpc) is 3.28. The topological polar surface area (TPSA) is 37.4 Å². The molecule has 0 spiro atoms. The zero-order valence-electron chi connectivity index (χ0n) is 27.9. The molecule has 4 rings (SSSR count). The summed E-state index contributed by atoms with van der Waals surface area (Å²) in [4.78, 5) is 7.16. The molecule has 0 amide bonds. The van der Waals surface area contributed by atoms with E-state index in [1.54, 1.807) is 0 Å². The normalized spacial score (nSPS) is 22.1. The van der Waals surface area contributed by atoms with E-state index in [2.05, 4.69) is 121 Å². The Labute approximate surface area is 252 Å². The van der Waals surface area contributed by atoms with Gasteiger partial charge in [-0.15, -0.1) is 0 Å².